The quantitative estimate of drug-likeness (QED) is 0.921. The Kier molecular flexibility index (Phi) is 4.58. The number of hydrogen-bond acceptors (Lipinski definition) is 3. The molecule has 1 fully saturated rings. The van der Waals surface area contributed by atoms with Crippen molar-refractivity contribution in [3.05, 3.63) is 22.4 Å². The zero-order chi connectivity index (χ0) is 13.8. The normalized spacial score (nSPS) is 18.3. The summed E-state index contributed by atoms with van der Waals surface area (Å²) in [7, 11) is 0. The van der Waals surface area contributed by atoms with Gasteiger partial charge >= 0.3 is 5.97 Å². The molecule has 1 saturated heterocycles. The number of likely N-dealkylation sites (tertiary alicyclic amines) is 1. The highest BCUT2D eigenvalue weighted by molar-refractivity contribution is 7.09. The van der Waals surface area contributed by atoms with Gasteiger partial charge in [-0.15, -0.1) is 11.3 Å². The third-order valence-corrected chi connectivity index (χ3v) is 4.56. The molecule has 0 aliphatic carbocycles. The molecule has 1 N–H and O–H groups in total. The first-order valence-electron chi connectivity index (χ1n) is 6.62. The number of carbonyl (C=O) groups excluding carboxylic acids is 1. The van der Waals surface area contributed by atoms with E-state index in [4.69, 9.17) is 5.11 Å². The fourth-order valence-electron chi connectivity index (χ4n) is 2.48. The van der Waals surface area contributed by atoms with E-state index in [1.54, 1.807) is 11.3 Å². The summed E-state index contributed by atoms with van der Waals surface area (Å²) in [6, 6.07) is 4.04. The van der Waals surface area contributed by atoms with Gasteiger partial charge in [-0.2, -0.15) is 0 Å². The van der Waals surface area contributed by atoms with E-state index in [0.717, 1.165) is 6.42 Å². The average Bonchev–Trinajstić information content (AvgIpc) is 2.90. The van der Waals surface area contributed by atoms with Crippen molar-refractivity contribution in [2.75, 3.05) is 13.1 Å². The summed E-state index contributed by atoms with van der Waals surface area (Å²) >= 11 is 1.67. The lowest BCUT2D eigenvalue weighted by molar-refractivity contribution is -0.146. The third-order valence-electron chi connectivity index (χ3n) is 3.66. The number of hydrogen-bond donors (Lipinski definition) is 1. The maximum atomic E-state index is 12.3. The number of piperidine rings is 1. The third kappa shape index (κ3) is 3.56. The Hall–Kier alpha value is -1.36. The summed E-state index contributed by atoms with van der Waals surface area (Å²) in [6.07, 6.45) is 1.93. The van der Waals surface area contributed by atoms with Crippen molar-refractivity contribution in [2.24, 2.45) is 11.8 Å². The summed E-state index contributed by atoms with van der Waals surface area (Å²) in [5.41, 5.74) is 0. The number of thiophene rings is 1. The Balaban J connectivity index is 1.85. The zero-order valence-corrected chi connectivity index (χ0v) is 11.9. The van der Waals surface area contributed by atoms with Gasteiger partial charge in [-0.25, -0.2) is 0 Å². The molecule has 1 aliphatic heterocycles. The van der Waals surface area contributed by atoms with Gasteiger partial charge in [0.05, 0.1) is 5.92 Å². The van der Waals surface area contributed by atoms with Crippen molar-refractivity contribution in [3.63, 3.8) is 0 Å². The second-order valence-electron chi connectivity index (χ2n) is 5.12. The monoisotopic (exact) mass is 281 g/mol. The molecular formula is C14H19NO3S. The molecule has 1 unspecified atom stereocenters. The minimum absolute atomic E-state index is 0.0278. The standard InChI is InChI=1S/C14H19NO3S/c1-10(9-12-3-2-8-19-12)13(16)15-6-4-11(5-7-15)14(17)18/h2-3,8,10-11H,4-7,9H2,1H3,(H,17,18). The maximum absolute atomic E-state index is 12.3. The summed E-state index contributed by atoms with van der Waals surface area (Å²) in [5.74, 6) is -0.896. The maximum Gasteiger partial charge on any atom is 0.306 e. The van der Waals surface area contributed by atoms with Crippen molar-refractivity contribution >= 4 is 23.2 Å². The van der Waals surface area contributed by atoms with Crippen LogP contribution in [0.1, 0.15) is 24.6 Å². The predicted molar refractivity (Wildman–Crippen MR) is 74.1 cm³/mol. The van der Waals surface area contributed by atoms with Crippen molar-refractivity contribution in [1.29, 1.82) is 0 Å². The van der Waals surface area contributed by atoms with Crippen LogP contribution in [0.15, 0.2) is 17.5 Å². The van der Waals surface area contributed by atoms with Crippen molar-refractivity contribution in [1.82, 2.24) is 4.90 Å². The minimum atomic E-state index is -0.737. The van der Waals surface area contributed by atoms with Crippen LogP contribution < -0.4 is 0 Å². The molecule has 2 rings (SSSR count). The Morgan fingerprint density at radius 2 is 2.16 bits per heavy atom. The summed E-state index contributed by atoms with van der Waals surface area (Å²) < 4.78 is 0. The Morgan fingerprint density at radius 3 is 2.68 bits per heavy atom. The fraction of sp³-hybridized carbons (Fsp3) is 0.571. The van der Waals surface area contributed by atoms with Crippen molar-refractivity contribution < 1.29 is 14.7 Å². The molecule has 1 atom stereocenters. The van der Waals surface area contributed by atoms with Crippen LogP contribution in [0.4, 0.5) is 0 Å². The molecule has 1 aromatic rings. The largest absolute Gasteiger partial charge is 0.481 e. The topological polar surface area (TPSA) is 57.6 Å². The van der Waals surface area contributed by atoms with E-state index in [9.17, 15) is 9.59 Å². The number of amides is 1. The fourth-order valence-corrected chi connectivity index (χ4v) is 3.31. The van der Waals surface area contributed by atoms with Gasteiger partial charge in [-0.05, 0) is 30.7 Å². The molecule has 0 bridgehead atoms. The van der Waals surface area contributed by atoms with E-state index < -0.39 is 5.97 Å². The molecule has 1 amide bonds. The molecular weight excluding hydrogens is 262 g/mol. The highest BCUT2D eigenvalue weighted by Gasteiger charge is 2.29. The van der Waals surface area contributed by atoms with Crippen molar-refractivity contribution in [3.8, 4) is 0 Å². The molecule has 4 nitrogen and oxygen atoms in total. The Bertz CT molecular complexity index is 436. The molecule has 0 aromatic carbocycles. The van der Waals surface area contributed by atoms with Crippen LogP contribution in [-0.2, 0) is 16.0 Å². The van der Waals surface area contributed by atoms with Gasteiger partial charge in [0, 0.05) is 23.9 Å². The van der Waals surface area contributed by atoms with Gasteiger partial charge in [0.2, 0.25) is 5.91 Å². The molecule has 1 aromatic heterocycles. The smallest absolute Gasteiger partial charge is 0.306 e. The first-order valence-corrected chi connectivity index (χ1v) is 7.50. The van der Waals surface area contributed by atoms with Gasteiger partial charge in [-0.1, -0.05) is 13.0 Å². The minimum Gasteiger partial charge on any atom is -0.481 e. The predicted octanol–water partition coefficient (Wildman–Crippen LogP) is 2.25. The Labute approximate surface area is 117 Å². The van der Waals surface area contributed by atoms with Crippen LogP contribution in [0.2, 0.25) is 0 Å². The highest BCUT2D eigenvalue weighted by Crippen LogP contribution is 2.21. The molecule has 2 heterocycles. The first kappa shape index (κ1) is 14.1. The first-order chi connectivity index (χ1) is 9.08. The number of nitrogens with zero attached hydrogens (tertiary/aromatic N) is 1. The van der Waals surface area contributed by atoms with Crippen molar-refractivity contribution in [2.45, 2.75) is 26.2 Å². The lowest BCUT2D eigenvalue weighted by Crippen LogP contribution is -2.42. The van der Waals surface area contributed by atoms with Crippen LogP contribution in [0.25, 0.3) is 0 Å². The van der Waals surface area contributed by atoms with Gasteiger partial charge in [0.15, 0.2) is 0 Å². The van der Waals surface area contributed by atoms with Gasteiger partial charge in [0.1, 0.15) is 0 Å². The summed E-state index contributed by atoms with van der Waals surface area (Å²) in [6.45, 7) is 3.10. The van der Waals surface area contributed by atoms with Crippen LogP contribution in [-0.4, -0.2) is 35.0 Å². The molecule has 19 heavy (non-hydrogen) atoms. The SMILES string of the molecule is CC(Cc1cccs1)C(=O)N1CCC(C(=O)O)CC1. The van der Waals surface area contributed by atoms with Gasteiger partial charge in [0.25, 0.3) is 0 Å². The number of aliphatic carboxylic acids is 1. The average molecular weight is 281 g/mol. The lowest BCUT2D eigenvalue weighted by atomic mass is 9.95. The van der Waals surface area contributed by atoms with Crippen LogP contribution in [0, 0.1) is 11.8 Å². The van der Waals surface area contributed by atoms with E-state index in [1.165, 1.54) is 4.88 Å². The number of carboxylic acids is 1. The van der Waals surface area contributed by atoms with E-state index in [0.29, 0.717) is 25.9 Å². The summed E-state index contributed by atoms with van der Waals surface area (Å²) in [4.78, 5) is 26.2. The second kappa shape index (κ2) is 6.19. The number of carbonyl (C=O) groups is 2. The zero-order valence-electron chi connectivity index (χ0n) is 11.0. The number of rotatable bonds is 4. The molecule has 0 radical (unpaired) electrons. The molecule has 0 saturated carbocycles. The van der Waals surface area contributed by atoms with Crippen LogP contribution in [0.5, 0.6) is 0 Å². The highest BCUT2D eigenvalue weighted by atomic mass is 32.1. The molecule has 104 valence electrons. The van der Waals surface area contributed by atoms with Gasteiger partial charge in [-0.3, -0.25) is 9.59 Å². The second-order valence-corrected chi connectivity index (χ2v) is 6.15. The van der Waals surface area contributed by atoms with Gasteiger partial charge < -0.3 is 10.0 Å². The van der Waals surface area contributed by atoms with E-state index in [1.807, 2.05) is 29.3 Å². The van der Waals surface area contributed by atoms with Crippen LogP contribution in [0.3, 0.4) is 0 Å². The van der Waals surface area contributed by atoms with Crippen LogP contribution >= 0.6 is 11.3 Å². The van der Waals surface area contributed by atoms with E-state index >= 15 is 0 Å². The summed E-state index contributed by atoms with van der Waals surface area (Å²) in [5, 5.41) is 11.0. The lowest BCUT2D eigenvalue weighted by Gasteiger charge is -2.32. The van der Waals surface area contributed by atoms with E-state index in [2.05, 4.69) is 0 Å². The molecule has 1 aliphatic rings. The van der Waals surface area contributed by atoms with E-state index in [-0.39, 0.29) is 17.7 Å². The molecule has 5 heteroatoms. The number of carboxylic acid groups (broad SMARTS) is 1. The molecule has 0 spiro atoms. The Morgan fingerprint density at radius 1 is 1.47 bits per heavy atom.